The summed E-state index contributed by atoms with van der Waals surface area (Å²) in [5, 5.41) is 34.9. The molecule has 0 radical (unpaired) electrons. The number of hydrogen-bond acceptors (Lipinski definition) is 13. The molecule has 4 atom stereocenters. The topological polar surface area (TPSA) is 264 Å². The van der Waals surface area contributed by atoms with Crippen molar-refractivity contribution in [1.82, 2.24) is 0 Å². The van der Waals surface area contributed by atoms with E-state index in [9.17, 15) is 38.4 Å². The van der Waals surface area contributed by atoms with Crippen LogP contribution in [0, 0.1) is 0 Å². The second kappa shape index (κ2) is 15.7. The highest BCUT2D eigenvalue weighted by molar-refractivity contribution is 5.79. The molecule has 1 saturated heterocycles. The van der Waals surface area contributed by atoms with E-state index in [-0.39, 0.29) is 0 Å². The minimum absolute atomic E-state index is 0.535. The first-order valence-corrected chi connectivity index (χ1v) is 11.0. The number of aliphatic carboxylic acids is 4. The molecule has 0 bridgehead atoms. The number of carboxylic acid groups (broad SMARTS) is 4. The fourth-order valence-electron chi connectivity index (χ4n) is 2.88. The first-order chi connectivity index (χ1) is 17.8. The number of ether oxygens (including phenoxy) is 5. The lowest BCUT2D eigenvalue weighted by Crippen LogP contribution is -2.43. The van der Waals surface area contributed by atoms with Crippen LogP contribution in [0.5, 0.6) is 0 Å². The first kappa shape index (κ1) is 31.7. The van der Waals surface area contributed by atoms with Crippen molar-refractivity contribution in [3.05, 3.63) is 0 Å². The van der Waals surface area contributed by atoms with Gasteiger partial charge in [0.1, 0.15) is 12.7 Å². The van der Waals surface area contributed by atoms with Crippen molar-refractivity contribution in [2.75, 3.05) is 6.61 Å². The van der Waals surface area contributed by atoms with Crippen molar-refractivity contribution in [2.45, 2.75) is 76.0 Å². The molecule has 1 rings (SSSR count). The lowest BCUT2D eigenvalue weighted by Gasteiger charge is -2.24. The van der Waals surface area contributed by atoms with Crippen LogP contribution in [0.3, 0.4) is 0 Å². The Labute approximate surface area is 213 Å². The van der Waals surface area contributed by atoms with E-state index in [2.05, 4.69) is 0 Å². The summed E-state index contributed by atoms with van der Waals surface area (Å²) in [6.07, 6.45) is -11.7. The molecule has 4 N–H and O–H groups in total. The van der Waals surface area contributed by atoms with Crippen molar-refractivity contribution < 1.29 is 82.5 Å². The number of carboxylic acids is 4. The number of hydrogen-bond donors (Lipinski definition) is 4. The molecular weight excluding hydrogens is 524 g/mol. The van der Waals surface area contributed by atoms with Gasteiger partial charge in [-0.3, -0.25) is 38.4 Å². The fourth-order valence-corrected chi connectivity index (χ4v) is 2.88. The van der Waals surface area contributed by atoms with E-state index in [4.69, 9.17) is 44.1 Å². The number of carbonyl (C=O) groups excluding carboxylic acids is 4. The van der Waals surface area contributed by atoms with Crippen LogP contribution in [0.2, 0.25) is 0 Å². The van der Waals surface area contributed by atoms with Gasteiger partial charge in [-0.05, 0) is 0 Å². The Bertz CT molecular complexity index is 925. The van der Waals surface area contributed by atoms with E-state index in [1.54, 1.807) is 0 Å². The predicted molar refractivity (Wildman–Crippen MR) is 113 cm³/mol. The van der Waals surface area contributed by atoms with Gasteiger partial charge in [-0.25, -0.2) is 0 Å². The number of carbonyl (C=O) groups is 8. The zero-order valence-corrected chi connectivity index (χ0v) is 19.8. The predicted octanol–water partition coefficient (Wildman–Crippen LogP) is -0.919. The van der Waals surface area contributed by atoms with Gasteiger partial charge in [0.05, 0.1) is 51.4 Å². The molecule has 1 heterocycles. The third-order valence-corrected chi connectivity index (χ3v) is 4.63. The van der Waals surface area contributed by atoms with E-state index in [0.717, 1.165) is 0 Å². The summed E-state index contributed by atoms with van der Waals surface area (Å²) in [6, 6.07) is 0. The minimum Gasteiger partial charge on any atom is -0.481 e. The van der Waals surface area contributed by atoms with E-state index in [0.29, 0.717) is 0 Å². The SMILES string of the molecule is O=C(O)CCC(=O)OCC1OC(OC(=O)CCC(=O)O)C(OC(=O)CCC(=O)O)C1OC(=O)CCC(=O)O. The van der Waals surface area contributed by atoms with Gasteiger partial charge in [-0.2, -0.15) is 0 Å². The number of esters is 4. The van der Waals surface area contributed by atoms with Gasteiger partial charge in [-0.15, -0.1) is 0 Å². The minimum atomic E-state index is -1.83. The first-order valence-electron chi connectivity index (χ1n) is 11.0. The molecule has 0 aromatic rings. The Morgan fingerprint density at radius 1 is 0.500 bits per heavy atom. The highest BCUT2D eigenvalue weighted by Gasteiger charge is 2.52. The van der Waals surface area contributed by atoms with Crippen LogP contribution in [0.4, 0.5) is 0 Å². The van der Waals surface area contributed by atoms with Crippen LogP contribution in [-0.4, -0.2) is 99.4 Å². The maximum atomic E-state index is 12.2. The Kier molecular flexibility index (Phi) is 13.2. The monoisotopic (exact) mass is 550 g/mol. The largest absolute Gasteiger partial charge is 0.481 e. The Hall–Kier alpha value is -4.28. The molecule has 1 fully saturated rings. The van der Waals surface area contributed by atoms with E-state index >= 15 is 0 Å². The summed E-state index contributed by atoms with van der Waals surface area (Å²) in [7, 11) is 0. The maximum Gasteiger partial charge on any atom is 0.308 e. The second-order valence-corrected chi connectivity index (χ2v) is 7.70. The van der Waals surface area contributed by atoms with Gasteiger partial charge in [0, 0.05) is 0 Å². The van der Waals surface area contributed by atoms with E-state index in [1.807, 2.05) is 0 Å². The molecule has 17 heteroatoms. The Balaban J connectivity index is 3.13. The summed E-state index contributed by atoms with van der Waals surface area (Å²) in [5.41, 5.74) is 0. The van der Waals surface area contributed by atoms with Crippen molar-refractivity contribution in [2.24, 2.45) is 0 Å². The molecule has 38 heavy (non-hydrogen) atoms. The lowest BCUT2D eigenvalue weighted by molar-refractivity contribution is -0.200. The smallest absolute Gasteiger partial charge is 0.308 e. The van der Waals surface area contributed by atoms with Crippen LogP contribution < -0.4 is 0 Å². The average Bonchev–Trinajstić information content (AvgIpc) is 3.12. The van der Waals surface area contributed by atoms with E-state index < -0.39 is 130 Å². The van der Waals surface area contributed by atoms with Crippen LogP contribution in [0.15, 0.2) is 0 Å². The van der Waals surface area contributed by atoms with Crippen LogP contribution in [0.25, 0.3) is 0 Å². The Morgan fingerprint density at radius 3 is 1.29 bits per heavy atom. The molecule has 0 spiro atoms. The van der Waals surface area contributed by atoms with Crippen LogP contribution in [-0.2, 0) is 62.0 Å². The van der Waals surface area contributed by atoms with Gasteiger partial charge in [0.2, 0.25) is 12.4 Å². The summed E-state index contributed by atoms with van der Waals surface area (Å²) in [5.74, 6) is -9.68. The zero-order valence-electron chi connectivity index (χ0n) is 19.8. The quantitative estimate of drug-likeness (QED) is 0.126. The lowest BCUT2D eigenvalue weighted by atomic mass is 10.1. The summed E-state index contributed by atoms with van der Waals surface area (Å²) >= 11 is 0. The third kappa shape index (κ3) is 12.6. The molecule has 1 aliphatic rings. The van der Waals surface area contributed by atoms with Crippen molar-refractivity contribution in [3.8, 4) is 0 Å². The highest BCUT2D eigenvalue weighted by atomic mass is 16.8. The van der Waals surface area contributed by atoms with Gasteiger partial charge in [-0.1, -0.05) is 0 Å². The summed E-state index contributed by atoms with van der Waals surface area (Å²) in [6.45, 7) is -0.721. The molecule has 0 saturated carbocycles. The molecular formula is C21H26O17. The van der Waals surface area contributed by atoms with Gasteiger partial charge in [0.25, 0.3) is 0 Å². The molecule has 4 unspecified atom stereocenters. The molecule has 212 valence electrons. The molecule has 0 aromatic heterocycles. The third-order valence-electron chi connectivity index (χ3n) is 4.63. The summed E-state index contributed by atoms with van der Waals surface area (Å²) < 4.78 is 25.6. The van der Waals surface area contributed by atoms with Crippen LogP contribution >= 0.6 is 0 Å². The zero-order chi connectivity index (χ0) is 28.8. The van der Waals surface area contributed by atoms with Crippen molar-refractivity contribution >= 4 is 47.8 Å². The van der Waals surface area contributed by atoms with Gasteiger partial charge < -0.3 is 44.1 Å². The van der Waals surface area contributed by atoms with Crippen molar-refractivity contribution in [1.29, 1.82) is 0 Å². The number of rotatable bonds is 17. The van der Waals surface area contributed by atoms with Gasteiger partial charge >= 0.3 is 47.8 Å². The standard InChI is InChI=1S/C21H26O17/c22-11(23)1-5-15(30)34-9-10-19(36-16(31)6-2-12(24)25)20(37-17(32)7-3-13(26)27)21(35-10)38-18(33)8-4-14(28)29/h10,19-21H,1-9H2,(H,22,23)(H,24,25)(H,26,27)(H,28,29). The van der Waals surface area contributed by atoms with Crippen molar-refractivity contribution in [3.63, 3.8) is 0 Å². The highest BCUT2D eigenvalue weighted by Crippen LogP contribution is 2.29. The van der Waals surface area contributed by atoms with Crippen LogP contribution in [0.1, 0.15) is 51.4 Å². The summed E-state index contributed by atoms with van der Waals surface area (Å²) in [4.78, 5) is 91.2. The Morgan fingerprint density at radius 2 is 0.868 bits per heavy atom. The van der Waals surface area contributed by atoms with Gasteiger partial charge in [0.15, 0.2) is 6.10 Å². The van der Waals surface area contributed by atoms with E-state index in [1.165, 1.54) is 0 Å². The molecule has 0 aliphatic carbocycles. The molecule has 0 amide bonds. The molecule has 0 aromatic carbocycles. The maximum absolute atomic E-state index is 12.2. The second-order valence-electron chi connectivity index (χ2n) is 7.70. The average molecular weight is 550 g/mol. The fraction of sp³-hybridized carbons (Fsp3) is 0.619. The molecule has 17 nitrogen and oxygen atoms in total. The normalized spacial score (nSPS) is 20.1. The molecule has 1 aliphatic heterocycles.